The van der Waals surface area contributed by atoms with E-state index in [0.29, 0.717) is 17.0 Å². The number of hydrogen-bond donors (Lipinski definition) is 2. The molecular formula is C16H20N4O3. The number of hydrazone groups is 1. The highest BCUT2D eigenvalue weighted by molar-refractivity contribution is 6.06. The molecule has 0 aromatic heterocycles. The fourth-order valence-corrected chi connectivity index (χ4v) is 1.60. The van der Waals surface area contributed by atoms with Crippen molar-refractivity contribution in [3.63, 3.8) is 0 Å². The maximum Gasteiger partial charge on any atom is 0.428 e. The number of hydrogen-bond acceptors (Lipinski definition) is 5. The highest BCUT2D eigenvalue weighted by Gasteiger charge is 2.15. The molecule has 1 rings (SSSR count). The molecule has 0 heterocycles. The monoisotopic (exact) mass is 316 g/mol. The van der Waals surface area contributed by atoms with Gasteiger partial charge in [0.15, 0.2) is 0 Å². The van der Waals surface area contributed by atoms with Gasteiger partial charge in [-0.2, -0.15) is 10.4 Å². The number of carbonyl (C=O) groups excluding carboxylic acids is 2. The molecule has 1 aromatic carbocycles. The highest BCUT2D eigenvalue weighted by Crippen LogP contribution is 2.13. The van der Waals surface area contributed by atoms with Crippen LogP contribution in [0.4, 0.5) is 10.5 Å². The molecule has 0 aliphatic heterocycles. The third-order valence-electron chi connectivity index (χ3n) is 2.47. The molecule has 0 aliphatic rings. The Morgan fingerprint density at radius 3 is 2.57 bits per heavy atom. The van der Waals surface area contributed by atoms with Gasteiger partial charge in [0.1, 0.15) is 11.7 Å². The Balaban J connectivity index is 2.55. The van der Waals surface area contributed by atoms with E-state index < -0.39 is 11.7 Å². The van der Waals surface area contributed by atoms with E-state index in [2.05, 4.69) is 15.8 Å². The average Bonchev–Trinajstić information content (AvgIpc) is 2.44. The van der Waals surface area contributed by atoms with Crippen molar-refractivity contribution in [2.75, 3.05) is 5.32 Å². The van der Waals surface area contributed by atoms with E-state index in [9.17, 15) is 9.59 Å². The molecule has 1 aromatic rings. The number of para-hydroxylation sites is 1. The molecule has 2 N–H and O–H groups in total. The lowest BCUT2D eigenvalue weighted by Gasteiger charge is -2.18. The maximum atomic E-state index is 11.9. The quantitative estimate of drug-likeness (QED) is 0.658. The van der Waals surface area contributed by atoms with Crippen molar-refractivity contribution < 1.29 is 14.3 Å². The summed E-state index contributed by atoms with van der Waals surface area (Å²) in [6, 6.07) is 8.69. The van der Waals surface area contributed by atoms with Crippen LogP contribution < -0.4 is 10.7 Å². The summed E-state index contributed by atoms with van der Waals surface area (Å²) >= 11 is 0. The van der Waals surface area contributed by atoms with Crippen LogP contribution >= 0.6 is 0 Å². The van der Waals surface area contributed by atoms with Gasteiger partial charge in [-0.05, 0) is 39.8 Å². The smallest absolute Gasteiger partial charge is 0.428 e. The molecule has 0 radical (unpaired) electrons. The summed E-state index contributed by atoms with van der Waals surface area (Å²) in [6.07, 6.45) is -0.706. The summed E-state index contributed by atoms with van der Waals surface area (Å²) in [5.41, 5.74) is 2.83. The van der Waals surface area contributed by atoms with Crippen LogP contribution in [0.1, 0.15) is 39.7 Å². The number of nitrogens with one attached hydrogen (secondary N) is 2. The third-order valence-corrected chi connectivity index (χ3v) is 2.47. The molecule has 0 bridgehead atoms. The Bertz CT molecular complexity index is 654. The van der Waals surface area contributed by atoms with E-state index in [1.165, 1.54) is 0 Å². The van der Waals surface area contributed by atoms with Crippen LogP contribution in [0.25, 0.3) is 0 Å². The van der Waals surface area contributed by atoms with E-state index in [1.807, 2.05) is 6.07 Å². The van der Waals surface area contributed by atoms with Gasteiger partial charge in [-0.3, -0.25) is 4.79 Å². The number of anilines is 1. The summed E-state index contributed by atoms with van der Waals surface area (Å²) in [5.74, 6) is -0.333. The van der Waals surface area contributed by atoms with Crippen LogP contribution in [0.5, 0.6) is 0 Å². The van der Waals surface area contributed by atoms with E-state index in [0.717, 1.165) is 0 Å². The Hall–Kier alpha value is -2.88. The van der Waals surface area contributed by atoms with Gasteiger partial charge < -0.3 is 10.1 Å². The normalized spacial score (nSPS) is 11.3. The Morgan fingerprint density at radius 1 is 1.30 bits per heavy atom. The van der Waals surface area contributed by atoms with E-state index >= 15 is 0 Å². The lowest BCUT2D eigenvalue weighted by atomic mass is 10.2. The minimum atomic E-state index is -0.688. The summed E-state index contributed by atoms with van der Waals surface area (Å²) < 4.78 is 5.03. The van der Waals surface area contributed by atoms with Crippen molar-refractivity contribution in [2.45, 2.75) is 39.7 Å². The number of carbonyl (C=O) groups is 2. The van der Waals surface area contributed by atoms with Crippen molar-refractivity contribution in [2.24, 2.45) is 5.10 Å². The van der Waals surface area contributed by atoms with Crippen LogP contribution in [-0.4, -0.2) is 23.3 Å². The van der Waals surface area contributed by atoms with Crippen molar-refractivity contribution in [3.05, 3.63) is 29.8 Å². The highest BCUT2D eigenvalue weighted by atomic mass is 16.6. The first-order valence-corrected chi connectivity index (χ1v) is 7.02. The number of ether oxygens (including phenoxy) is 1. The molecule has 23 heavy (non-hydrogen) atoms. The maximum absolute atomic E-state index is 11.9. The fraction of sp³-hybridized carbons (Fsp3) is 0.375. The minimum absolute atomic E-state index is 0.0183. The minimum Gasteiger partial charge on any atom is -0.443 e. The number of amides is 2. The van der Waals surface area contributed by atoms with E-state index in [4.69, 9.17) is 10.00 Å². The van der Waals surface area contributed by atoms with E-state index in [1.54, 1.807) is 52.0 Å². The third kappa shape index (κ3) is 7.09. The van der Waals surface area contributed by atoms with Crippen LogP contribution in [0, 0.1) is 11.3 Å². The van der Waals surface area contributed by atoms with Crippen molar-refractivity contribution in [1.29, 1.82) is 5.26 Å². The zero-order valence-electron chi connectivity index (χ0n) is 13.6. The molecule has 0 unspecified atom stereocenters. The van der Waals surface area contributed by atoms with Gasteiger partial charge in [0.25, 0.3) is 0 Å². The first-order chi connectivity index (χ1) is 10.7. The van der Waals surface area contributed by atoms with Crippen LogP contribution in [0.15, 0.2) is 29.4 Å². The summed E-state index contributed by atoms with van der Waals surface area (Å²) in [6.45, 7) is 6.82. The van der Waals surface area contributed by atoms with Gasteiger partial charge in [-0.1, -0.05) is 12.1 Å². The van der Waals surface area contributed by atoms with Gasteiger partial charge in [0, 0.05) is 5.71 Å². The molecule has 0 fully saturated rings. The standard InChI is InChI=1S/C16H20N4O3/c1-11(19-20-15(22)23-16(2,3)4)9-14(21)18-13-8-6-5-7-12(13)10-17/h5-8H,9H2,1-4H3,(H,18,21)(H,20,22)/b19-11+. The molecule has 7 heteroatoms. The molecule has 0 saturated carbocycles. The number of nitriles is 1. The molecule has 0 aliphatic carbocycles. The Labute approximate surface area is 135 Å². The van der Waals surface area contributed by atoms with Crippen LogP contribution in [0.2, 0.25) is 0 Å². The predicted molar refractivity (Wildman–Crippen MR) is 86.9 cm³/mol. The van der Waals surface area contributed by atoms with Crippen LogP contribution in [-0.2, 0) is 9.53 Å². The second-order valence-electron chi connectivity index (χ2n) is 5.84. The first-order valence-electron chi connectivity index (χ1n) is 7.02. The van der Waals surface area contributed by atoms with Gasteiger partial charge in [-0.25, -0.2) is 10.2 Å². The average molecular weight is 316 g/mol. The molecule has 122 valence electrons. The van der Waals surface area contributed by atoms with Crippen molar-refractivity contribution in [1.82, 2.24) is 5.43 Å². The molecule has 7 nitrogen and oxygen atoms in total. The topological polar surface area (TPSA) is 104 Å². The Morgan fingerprint density at radius 2 is 1.96 bits per heavy atom. The zero-order valence-corrected chi connectivity index (χ0v) is 13.6. The predicted octanol–water partition coefficient (Wildman–Crippen LogP) is 2.79. The second kappa shape index (κ2) is 7.94. The van der Waals surface area contributed by atoms with E-state index in [-0.39, 0.29) is 12.3 Å². The largest absolute Gasteiger partial charge is 0.443 e. The summed E-state index contributed by atoms with van der Waals surface area (Å²) in [4.78, 5) is 23.4. The Kier molecular flexibility index (Phi) is 6.27. The van der Waals surface area contributed by atoms with Gasteiger partial charge in [0.2, 0.25) is 5.91 Å². The summed E-state index contributed by atoms with van der Waals surface area (Å²) in [5, 5.41) is 15.4. The number of nitrogens with zero attached hydrogens (tertiary/aromatic N) is 2. The second-order valence-corrected chi connectivity index (χ2v) is 5.84. The lowest BCUT2D eigenvalue weighted by Crippen LogP contribution is -2.30. The van der Waals surface area contributed by atoms with Gasteiger partial charge in [-0.15, -0.1) is 0 Å². The van der Waals surface area contributed by atoms with Crippen molar-refractivity contribution in [3.8, 4) is 6.07 Å². The molecular weight excluding hydrogens is 296 g/mol. The zero-order chi connectivity index (χ0) is 17.5. The SMILES string of the molecule is C/C(CC(=O)Nc1ccccc1C#N)=N\NC(=O)OC(C)(C)C. The number of rotatable bonds is 4. The first kappa shape index (κ1) is 18.2. The van der Waals surface area contributed by atoms with Crippen molar-refractivity contribution >= 4 is 23.4 Å². The van der Waals surface area contributed by atoms with Crippen LogP contribution in [0.3, 0.4) is 0 Å². The molecule has 2 amide bonds. The molecule has 0 saturated heterocycles. The summed E-state index contributed by atoms with van der Waals surface area (Å²) in [7, 11) is 0. The lowest BCUT2D eigenvalue weighted by molar-refractivity contribution is -0.115. The van der Waals surface area contributed by atoms with Gasteiger partial charge in [0.05, 0.1) is 17.7 Å². The molecule has 0 atom stereocenters. The number of benzene rings is 1. The molecule has 0 spiro atoms. The van der Waals surface area contributed by atoms with Gasteiger partial charge >= 0.3 is 6.09 Å². The fourth-order valence-electron chi connectivity index (χ4n) is 1.60.